The first kappa shape index (κ1) is 22.3. The van der Waals surface area contributed by atoms with E-state index in [4.69, 9.17) is 14.2 Å². The van der Waals surface area contributed by atoms with Gasteiger partial charge in [0.2, 0.25) is 11.6 Å². The third kappa shape index (κ3) is 7.18. The Hall–Kier alpha value is -2.96. The van der Waals surface area contributed by atoms with Crippen LogP contribution in [0.25, 0.3) is 0 Å². The average molecular weight is 401 g/mol. The summed E-state index contributed by atoms with van der Waals surface area (Å²) in [6.45, 7) is 8.72. The maximum Gasteiger partial charge on any atom is 0.219 e. The first-order chi connectivity index (χ1) is 14.1. The van der Waals surface area contributed by atoms with Gasteiger partial charge >= 0.3 is 0 Å². The van der Waals surface area contributed by atoms with Crippen LogP contribution in [0.2, 0.25) is 0 Å². The van der Waals surface area contributed by atoms with E-state index >= 15 is 0 Å². The average Bonchev–Trinajstić information content (AvgIpc) is 2.73. The third-order valence-corrected chi connectivity index (χ3v) is 4.16. The lowest BCUT2D eigenvalue weighted by Gasteiger charge is -2.13. The second kappa shape index (κ2) is 11.8. The summed E-state index contributed by atoms with van der Waals surface area (Å²) in [7, 11) is 3.18. The number of nitrogens with one attached hydrogen (secondary N) is 2. The van der Waals surface area contributed by atoms with Crippen LogP contribution in [-0.2, 0) is 6.54 Å². The highest BCUT2D eigenvalue weighted by Crippen LogP contribution is 2.39. The second-order valence-electron chi connectivity index (χ2n) is 6.90. The van der Waals surface area contributed by atoms with Gasteiger partial charge in [-0.2, -0.15) is 0 Å². The normalized spacial score (nSPS) is 11.3. The van der Waals surface area contributed by atoms with E-state index in [1.54, 1.807) is 20.4 Å². The summed E-state index contributed by atoms with van der Waals surface area (Å²) in [5, 5.41) is 6.62. The number of hydrogen-bond donors (Lipinski definition) is 2. The molecule has 0 aliphatic heterocycles. The van der Waals surface area contributed by atoms with E-state index in [-0.39, 0.29) is 0 Å². The summed E-state index contributed by atoms with van der Waals surface area (Å²) in [5.74, 6) is 3.60. The van der Waals surface area contributed by atoms with Gasteiger partial charge in [-0.15, -0.1) is 0 Å². The summed E-state index contributed by atoms with van der Waals surface area (Å²) in [5.41, 5.74) is 0.991. The molecule has 0 fully saturated rings. The monoisotopic (exact) mass is 400 g/mol. The van der Waals surface area contributed by atoms with E-state index in [0.717, 1.165) is 31.0 Å². The minimum atomic E-state index is 0.461. The molecule has 0 aliphatic carbocycles. The fourth-order valence-corrected chi connectivity index (χ4v) is 2.58. The molecule has 0 unspecified atom stereocenters. The third-order valence-electron chi connectivity index (χ3n) is 4.16. The van der Waals surface area contributed by atoms with Crippen molar-refractivity contribution in [2.75, 3.05) is 27.3 Å². The molecule has 7 heteroatoms. The second-order valence-corrected chi connectivity index (χ2v) is 6.90. The fraction of sp³-hybridized carbons (Fsp3) is 0.455. The number of benzene rings is 1. The van der Waals surface area contributed by atoms with Gasteiger partial charge in [0.05, 0.1) is 20.8 Å². The van der Waals surface area contributed by atoms with Crippen molar-refractivity contribution < 1.29 is 14.2 Å². The Bertz CT molecular complexity index is 754. The molecule has 0 saturated carbocycles. The number of guanidine groups is 1. The summed E-state index contributed by atoms with van der Waals surface area (Å²) >= 11 is 0. The van der Waals surface area contributed by atoms with Crippen molar-refractivity contribution in [1.82, 2.24) is 15.6 Å². The molecule has 0 radical (unpaired) electrons. The minimum Gasteiger partial charge on any atom is -0.493 e. The highest BCUT2D eigenvalue weighted by molar-refractivity contribution is 5.79. The van der Waals surface area contributed by atoms with Gasteiger partial charge in [-0.3, -0.25) is 0 Å². The van der Waals surface area contributed by atoms with E-state index in [0.29, 0.717) is 35.6 Å². The van der Waals surface area contributed by atoms with E-state index in [9.17, 15) is 0 Å². The van der Waals surface area contributed by atoms with Gasteiger partial charge in [-0.1, -0.05) is 26.0 Å². The van der Waals surface area contributed by atoms with E-state index in [2.05, 4.69) is 41.4 Å². The summed E-state index contributed by atoms with van der Waals surface area (Å²) < 4.78 is 16.6. The van der Waals surface area contributed by atoms with Gasteiger partial charge in [-0.05, 0) is 37.0 Å². The Morgan fingerprint density at radius 3 is 2.34 bits per heavy atom. The molecule has 0 amide bonds. The van der Waals surface area contributed by atoms with Crippen molar-refractivity contribution >= 4 is 5.96 Å². The molecule has 29 heavy (non-hydrogen) atoms. The van der Waals surface area contributed by atoms with Crippen LogP contribution in [0.1, 0.15) is 32.8 Å². The van der Waals surface area contributed by atoms with E-state index < -0.39 is 0 Å². The van der Waals surface area contributed by atoms with Gasteiger partial charge in [0.25, 0.3) is 0 Å². The summed E-state index contributed by atoms with van der Waals surface area (Å²) in [6.07, 6.45) is 2.86. The molecule has 0 aliphatic rings. The number of pyridine rings is 1. The van der Waals surface area contributed by atoms with Crippen LogP contribution in [0, 0.1) is 5.92 Å². The fourth-order valence-electron chi connectivity index (χ4n) is 2.58. The number of aliphatic imine (C=N–C) groups is 1. The highest BCUT2D eigenvalue weighted by atomic mass is 16.5. The minimum absolute atomic E-state index is 0.461. The highest BCUT2D eigenvalue weighted by Gasteiger charge is 2.13. The Balaban J connectivity index is 2.03. The molecule has 0 saturated heterocycles. The van der Waals surface area contributed by atoms with Crippen molar-refractivity contribution in [1.29, 1.82) is 0 Å². The molecule has 0 spiro atoms. The summed E-state index contributed by atoms with van der Waals surface area (Å²) in [4.78, 5) is 9.01. The Morgan fingerprint density at radius 1 is 1.07 bits per heavy atom. The van der Waals surface area contributed by atoms with Crippen LogP contribution in [0.15, 0.2) is 41.5 Å². The Morgan fingerprint density at radius 2 is 1.79 bits per heavy atom. The predicted molar refractivity (Wildman–Crippen MR) is 116 cm³/mol. The number of aromatic nitrogens is 1. The maximum atomic E-state index is 5.90. The zero-order chi connectivity index (χ0) is 21.1. The van der Waals surface area contributed by atoms with Crippen molar-refractivity contribution in [3.05, 3.63) is 42.1 Å². The van der Waals surface area contributed by atoms with Gasteiger partial charge in [0, 0.05) is 25.4 Å². The lowest BCUT2D eigenvalue weighted by molar-refractivity contribution is 0.342. The molecule has 1 heterocycles. The largest absolute Gasteiger partial charge is 0.493 e. The number of rotatable bonds is 10. The van der Waals surface area contributed by atoms with Crippen molar-refractivity contribution in [2.45, 2.75) is 33.7 Å². The van der Waals surface area contributed by atoms with Crippen molar-refractivity contribution in [3.63, 3.8) is 0 Å². The number of methoxy groups -OCH3 is 2. The van der Waals surface area contributed by atoms with Crippen LogP contribution in [-0.4, -0.2) is 38.3 Å². The van der Waals surface area contributed by atoms with Crippen LogP contribution in [0.5, 0.6) is 23.1 Å². The van der Waals surface area contributed by atoms with Crippen LogP contribution < -0.4 is 24.8 Å². The summed E-state index contributed by atoms with van der Waals surface area (Å²) in [6, 6.07) is 9.24. The number of nitrogens with zero attached hydrogens (tertiary/aromatic N) is 2. The lowest BCUT2D eigenvalue weighted by Crippen LogP contribution is -2.38. The van der Waals surface area contributed by atoms with Crippen LogP contribution >= 0.6 is 0 Å². The molecule has 7 nitrogen and oxygen atoms in total. The van der Waals surface area contributed by atoms with E-state index in [1.165, 1.54) is 0 Å². The van der Waals surface area contributed by atoms with Gasteiger partial charge in [-0.25, -0.2) is 9.98 Å². The Kier molecular flexibility index (Phi) is 9.08. The van der Waals surface area contributed by atoms with Crippen molar-refractivity contribution in [3.8, 4) is 23.1 Å². The lowest BCUT2D eigenvalue weighted by atomic mass is 10.1. The molecular weight excluding hydrogens is 368 g/mol. The van der Waals surface area contributed by atoms with Gasteiger partial charge in [0.1, 0.15) is 0 Å². The molecular formula is C22H32N4O3. The molecule has 2 rings (SSSR count). The van der Waals surface area contributed by atoms with Crippen LogP contribution in [0.3, 0.4) is 0 Å². The number of ether oxygens (including phenoxy) is 3. The SMILES string of the molecule is CCNC(=NCc1ccc(Oc2c(OC)cccc2OC)nc1)NCCC(C)C. The zero-order valence-electron chi connectivity index (χ0n) is 18.0. The van der Waals surface area contributed by atoms with E-state index in [1.807, 2.05) is 30.3 Å². The topological polar surface area (TPSA) is 77.0 Å². The van der Waals surface area contributed by atoms with Gasteiger partial charge < -0.3 is 24.8 Å². The first-order valence-electron chi connectivity index (χ1n) is 9.93. The quantitative estimate of drug-likeness (QED) is 0.464. The molecule has 2 aromatic rings. The smallest absolute Gasteiger partial charge is 0.219 e. The maximum absolute atomic E-state index is 5.90. The molecule has 158 valence electrons. The number of para-hydroxylation sites is 1. The number of hydrogen-bond acceptors (Lipinski definition) is 5. The molecule has 0 bridgehead atoms. The molecule has 2 N–H and O–H groups in total. The van der Waals surface area contributed by atoms with Crippen LogP contribution in [0.4, 0.5) is 0 Å². The molecule has 1 aromatic carbocycles. The molecule has 1 aromatic heterocycles. The van der Waals surface area contributed by atoms with Gasteiger partial charge in [0.15, 0.2) is 17.5 Å². The molecule has 0 atom stereocenters. The Labute approximate surface area is 173 Å². The standard InChI is InChI=1S/C22H32N4O3/c1-6-23-22(24-13-12-16(2)3)26-15-17-10-11-20(25-14-17)29-21-18(27-4)8-7-9-19(21)28-5/h7-11,14,16H,6,12-13,15H2,1-5H3,(H2,23,24,26). The first-order valence-corrected chi connectivity index (χ1v) is 9.93. The predicted octanol–water partition coefficient (Wildman–Crippen LogP) is 3.99. The van der Waals surface area contributed by atoms with Crippen molar-refractivity contribution in [2.24, 2.45) is 10.9 Å². The zero-order valence-corrected chi connectivity index (χ0v) is 18.0.